The summed E-state index contributed by atoms with van der Waals surface area (Å²) in [7, 11) is 0. The maximum Gasteiger partial charge on any atom is 0.260 e. The zero-order valence-electron chi connectivity index (χ0n) is 11.0. The molecule has 102 valence electrons. The van der Waals surface area contributed by atoms with E-state index < -0.39 is 6.04 Å². The van der Waals surface area contributed by atoms with Crippen LogP contribution in [-0.4, -0.2) is 22.1 Å². The molecule has 1 atom stereocenters. The molecular formula is C14H14N4O2. The molecule has 0 aliphatic heterocycles. The van der Waals surface area contributed by atoms with Crippen molar-refractivity contribution in [1.82, 2.24) is 10.1 Å². The number of aryl methyl sites for hydroxylation is 1. The first-order chi connectivity index (χ1) is 9.61. The minimum absolute atomic E-state index is 0.174. The van der Waals surface area contributed by atoms with E-state index in [4.69, 9.17) is 16.7 Å². The van der Waals surface area contributed by atoms with Crippen LogP contribution in [0.2, 0.25) is 0 Å². The third kappa shape index (κ3) is 3.02. The summed E-state index contributed by atoms with van der Waals surface area (Å²) in [6.07, 6.45) is 5.32. The fraction of sp³-hybridized carbons (Fsp3) is 0.214. The molecule has 0 aliphatic carbocycles. The summed E-state index contributed by atoms with van der Waals surface area (Å²) in [5.41, 5.74) is 6.85. The summed E-state index contributed by atoms with van der Waals surface area (Å²) in [6.45, 7) is 1.72. The number of benzene rings is 1. The summed E-state index contributed by atoms with van der Waals surface area (Å²) in [6, 6.07) is 6.35. The first-order valence-corrected chi connectivity index (χ1v) is 6.01. The Bertz CT molecular complexity index is 657. The van der Waals surface area contributed by atoms with Crippen LogP contribution in [0.3, 0.4) is 0 Å². The highest BCUT2D eigenvalue weighted by Crippen LogP contribution is 2.26. The zero-order chi connectivity index (χ0) is 14.5. The van der Waals surface area contributed by atoms with Gasteiger partial charge in [-0.2, -0.15) is 4.98 Å². The molecular weight excluding hydrogens is 256 g/mol. The molecule has 0 radical (unpaired) electrons. The van der Waals surface area contributed by atoms with Crippen molar-refractivity contribution >= 4 is 11.6 Å². The van der Waals surface area contributed by atoms with Gasteiger partial charge in [-0.05, 0) is 19.1 Å². The SMILES string of the molecule is C#CCC(N)C(=O)Nc1ccccc1-c1nc(C)no1. The largest absolute Gasteiger partial charge is 0.334 e. The molecule has 1 amide bonds. The second-order valence-corrected chi connectivity index (χ2v) is 4.20. The van der Waals surface area contributed by atoms with Crippen molar-refractivity contribution in [3.8, 4) is 23.8 Å². The molecule has 0 spiro atoms. The van der Waals surface area contributed by atoms with Gasteiger partial charge in [0.1, 0.15) is 0 Å². The molecule has 3 N–H and O–H groups in total. The second kappa shape index (κ2) is 5.99. The Morgan fingerprint density at radius 2 is 2.30 bits per heavy atom. The van der Waals surface area contributed by atoms with Crippen LogP contribution >= 0.6 is 0 Å². The number of nitrogens with one attached hydrogen (secondary N) is 1. The maximum absolute atomic E-state index is 11.9. The highest BCUT2D eigenvalue weighted by Gasteiger charge is 2.16. The van der Waals surface area contributed by atoms with Crippen molar-refractivity contribution < 1.29 is 9.32 Å². The zero-order valence-corrected chi connectivity index (χ0v) is 11.0. The molecule has 2 aromatic rings. The average molecular weight is 270 g/mol. The van der Waals surface area contributed by atoms with E-state index in [1.54, 1.807) is 25.1 Å². The van der Waals surface area contributed by atoms with E-state index in [1.807, 2.05) is 6.07 Å². The predicted molar refractivity (Wildman–Crippen MR) is 74.5 cm³/mol. The molecule has 0 saturated heterocycles. The van der Waals surface area contributed by atoms with E-state index in [0.29, 0.717) is 23.0 Å². The first-order valence-electron chi connectivity index (χ1n) is 6.01. The third-order valence-electron chi connectivity index (χ3n) is 2.62. The average Bonchev–Trinajstić information content (AvgIpc) is 2.86. The van der Waals surface area contributed by atoms with Crippen LogP contribution in [0.25, 0.3) is 11.5 Å². The molecule has 0 fully saturated rings. The molecule has 1 heterocycles. The quantitative estimate of drug-likeness (QED) is 0.817. The number of hydrogen-bond donors (Lipinski definition) is 2. The van der Waals surface area contributed by atoms with Gasteiger partial charge in [0.25, 0.3) is 5.89 Å². The van der Waals surface area contributed by atoms with Gasteiger partial charge in [-0.3, -0.25) is 4.79 Å². The Balaban J connectivity index is 2.25. The summed E-state index contributed by atoms with van der Waals surface area (Å²) in [4.78, 5) is 16.0. The minimum Gasteiger partial charge on any atom is -0.334 e. The second-order valence-electron chi connectivity index (χ2n) is 4.20. The van der Waals surface area contributed by atoms with Crippen molar-refractivity contribution in [3.05, 3.63) is 30.1 Å². The van der Waals surface area contributed by atoms with Crippen LogP contribution in [-0.2, 0) is 4.79 Å². The molecule has 0 saturated carbocycles. The molecule has 2 rings (SSSR count). The lowest BCUT2D eigenvalue weighted by atomic mass is 10.1. The van der Waals surface area contributed by atoms with Gasteiger partial charge < -0.3 is 15.6 Å². The van der Waals surface area contributed by atoms with Gasteiger partial charge in [-0.1, -0.05) is 17.3 Å². The van der Waals surface area contributed by atoms with Gasteiger partial charge in [0, 0.05) is 6.42 Å². The number of terminal acetylenes is 1. The molecule has 20 heavy (non-hydrogen) atoms. The van der Waals surface area contributed by atoms with Gasteiger partial charge >= 0.3 is 0 Å². The van der Waals surface area contributed by atoms with E-state index in [0.717, 1.165) is 0 Å². The van der Waals surface area contributed by atoms with E-state index in [-0.39, 0.29) is 12.3 Å². The maximum atomic E-state index is 11.9. The summed E-state index contributed by atoms with van der Waals surface area (Å²) in [5.74, 6) is 2.86. The van der Waals surface area contributed by atoms with Gasteiger partial charge in [0.2, 0.25) is 5.91 Å². The highest BCUT2D eigenvalue weighted by molar-refractivity contribution is 5.97. The first kappa shape index (κ1) is 13.8. The highest BCUT2D eigenvalue weighted by atomic mass is 16.5. The number of nitrogens with two attached hydrogens (primary N) is 1. The number of amides is 1. The number of aromatic nitrogens is 2. The third-order valence-corrected chi connectivity index (χ3v) is 2.62. The fourth-order valence-electron chi connectivity index (χ4n) is 1.63. The van der Waals surface area contributed by atoms with Gasteiger partial charge in [0.05, 0.1) is 17.3 Å². The van der Waals surface area contributed by atoms with Crippen LogP contribution in [0.15, 0.2) is 28.8 Å². The van der Waals surface area contributed by atoms with Gasteiger partial charge in [-0.25, -0.2) is 0 Å². The van der Waals surface area contributed by atoms with Crippen LogP contribution in [0.5, 0.6) is 0 Å². The van der Waals surface area contributed by atoms with Crippen LogP contribution in [0.4, 0.5) is 5.69 Å². The van der Waals surface area contributed by atoms with Crippen molar-refractivity contribution in [2.24, 2.45) is 5.73 Å². The Hall–Kier alpha value is -2.65. The van der Waals surface area contributed by atoms with E-state index in [9.17, 15) is 4.79 Å². The lowest BCUT2D eigenvalue weighted by molar-refractivity contribution is -0.117. The molecule has 6 heteroatoms. The number of rotatable bonds is 4. The number of para-hydroxylation sites is 1. The van der Waals surface area contributed by atoms with Crippen LogP contribution < -0.4 is 11.1 Å². The smallest absolute Gasteiger partial charge is 0.260 e. The number of hydrogen-bond acceptors (Lipinski definition) is 5. The molecule has 1 unspecified atom stereocenters. The molecule has 0 bridgehead atoms. The lowest BCUT2D eigenvalue weighted by Crippen LogP contribution is -2.35. The minimum atomic E-state index is -0.752. The standard InChI is InChI=1S/C14H14N4O2/c1-3-6-11(15)13(19)17-12-8-5-4-7-10(12)14-16-9(2)18-20-14/h1,4-5,7-8,11H,6,15H2,2H3,(H,17,19). The summed E-state index contributed by atoms with van der Waals surface area (Å²) >= 11 is 0. The number of carbonyl (C=O) groups is 1. The Morgan fingerprint density at radius 3 is 2.95 bits per heavy atom. The molecule has 0 aliphatic rings. The summed E-state index contributed by atoms with van der Waals surface area (Å²) in [5, 5.41) is 6.44. The number of anilines is 1. The van der Waals surface area contributed by atoms with Crippen LogP contribution in [0, 0.1) is 19.3 Å². The Kier molecular flexibility index (Phi) is 4.13. The monoisotopic (exact) mass is 270 g/mol. The number of carbonyl (C=O) groups excluding carboxylic acids is 1. The van der Waals surface area contributed by atoms with Crippen molar-refractivity contribution in [1.29, 1.82) is 0 Å². The number of nitrogens with zero attached hydrogens (tertiary/aromatic N) is 2. The lowest BCUT2D eigenvalue weighted by Gasteiger charge is -2.11. The van der Waals surface area contributed by atoms with Crippen molar-refractivity contribution in [2.75, 3.05) is 5.32 Å². The fourth-order valence-corrected chi connectivity index (χ4v) is 1.63. The normalized spacial score (nSPS) is 11.7. The van der Waals surface area contributed by atoms with Crippen molar-refractivity contribution in [3.63, 3.8) is 0 Å². The van der Waals surface area contributed by atoms with Crippen molar-refractivity contribution in [2.45, 2.75) is 19.4 Å². The van der Waals surface area contributed by atoms with E-state index >= 15 is 0 Å². The molecule has 6 nitrogen and oxygen atoms in total. The Morgan fingerprint density at radius 1 is 1.55 bits per heavy atom. The van der Waals surface area contributed by atoms with E-state index in [2.05, 4.69) is 21.4 Å². The molecule has 1 aromatic carbocycles. The molecule has 1 aromatic heterocycles. The van der Waals surface area contributed by atoms with E-state index in [1.165, 1.54) is 0 Å². The predicted octanol–water partition coefficient (Wildman–Crippen LogP) is 1.33. The van der Waals surface area contributed by atoms with Gasteiger partial charge in [0.15, 0.2) is 5.82 Å². The summed E-state index contributed by atoms with van der Waals surface area (Å²) < 4.78 is 5.10. The topological polar surface area (TPSA) is 94.0 Å². The van der Waals surface area contributed by atoms with Gasteiger partial charge in [-0.15, -0.1) is 12.3 Å². The van der Waals surface area contributed by atoms with Crippen LogP contribution in [0.1, 0.15) is 12.2 Å². The Labute approximate surface area is 116 Å².